The molecule has 1 heterocycles. The van der Waals surface area contributed by atoms with Gasteiger partial charge in [-0.15, -0.1) is 0 Å². The number of carbonyl (C=O) groups is 1. The van der Waals surface area contributed by atoms with Crippen molar-refractivity contribution in [3.8, 4) is 6.07 Å². The first kappa shape index (κ1) is 19.9. The first-order valence-electron chi connectivity index (χ1n) is 8.41. The summed E-state index contributed by atoms with van der Waals surface area (Å²) in [7, 11) is 0. The summed E-state index contributed by atoms with van der Waals surface area (Å²) in [4.78, 5) is 27.4. The van der Waals surface area contributed by atoms with Gasteiger partial charge in [-0.05, 0) is 18.2 Å². The molecule has 9 heteroatoms. The van der Waals surface area contributed by atoms with Gasteiger partial charge in [0.05, 0.1) is 16.1 Å². The molecule has 144 valence electrons. The number of anilines is 2. The van der Waals surface area contributed by atoms with Gasteiger partial charge in [-0.1, -0.05) is 48.2 Å². The van der Waals surface area contributed by atoms with Crippen LogP contribution in [0, 0.1) is 21.4 Å². The Morgan fingerprint density at radius 2 is 1.90 bits per heavy atom. The van der Waals surface area contributed by atoms with Crippen LogP contribution in [0.2, 0.25) is 0 Å². The van der Waals surface area contributed by atoms with Gasteiger partial charge in [0.2, 0.25) is 0 Å². The van der Waals surface area contributed by atoms with E-state index in [1.165, 1.54) is 12.1 Å². The normalized spacial score (nSPS) is 10.2. The van der Waals surface area contributed by atoms with E-state index in [9.17, 15) is 20.2 Å². The summed E-state index contributed by atoms with van der Waals surface area (Å²) in [6.45, 7) is 0. The highest BCUT2D eigenvalue weighted by atomic mass is 32.2. The number of pyridine rings is 1. The monoisotopic (exact) mass is 405 g/mol. The number of amides is 1. The first-order valence-corrected chi connectivity index (χ1v) is 9.40. The first-order chi connectivity index (χ1) is 14.0. The SMILES string of the molecule is N#Cc1cc(C(=O)Nc2ccccc2)c(N)nc1SCc1ccccc1[N+](=O)[O-]. The molecule has 0 saturated heterocycles. The van der Waals surface area contributed by atoms with E-state index in [1.54, 1.807) is 42.5 Å². The predicted octanol–water partition coefficient (Wildman–Crippen LogP) is 3.99. The van der Waals surface area contributed by atoms with Crippen LogP contribution < -0.4 is 11.1 Å². The molecule has 0 atom stereocenters. The van der Waals surface area contributed by atoms with Crippen molar-refractivity contribution in [2.75, 3.05) is 11.1 Å². The zero-order chi connectivity index (χ0) is 20.8. The number of nitro groups is 1. The minimum atomic E-state index is -0.479. The molecular formula is C20H15N5O3S. The molecule has 0 bridgehead atoms. The molecule has 8 nitrogen and oxygen atoms in total. The van der Waals surface area contributed by atoms with Gasteiger partial charge in [-0.25, -0.2) is 4.98 Å². The number of hydrogen-bond acceptors (Lipinski definition) is 7. The van der Waals surface area contributed by atoms with Crippen LogP contribution in [-0.4, -0.2) is 15.8 Å². The second kappa shape index (κ2) is 8.86. The summed E-state index contributed by atoms with van der Waals surface area (Å²) < 4.78 is 0. The van der Waals surface area contributed by atoms with Crippen LogP contribution in [0.5, 0.6) is 0 Å². The Bertz CT molecular complexity index is 1110. The maximum absolute atomic E-state index is 12.5. The minimum absolute atomic E-state index is 0.00895. The molecule has 0 unspecified atom stereocenters. The maximum atomic E-state index is 12.5. The van der Waals surface area contributed by atoms with Crippen LogP contribution in [0.3, 0.4) is 0 Å². The van der Waals surface area contributed by atoms with E-state index in [-0.39, 0.29) is 28.4 Å². The molecule has 29 heavy (non-hydrogen) atoms. The number of nitrogens with one attached hydrogen (secondary N) is 1. The Labute approximate surface area is 170 Å². The Hall–Kier alpha value is -3.90. The number of nitriles is 1. The molecule has 0 fully saturated rings. The molecule has 0 radical (unpaired) electrons. The van der Waals surface area contributed by atoms with Crippen LogP contribution in [-0.2, 0) is 5.75 Å². The Kier molecular flexibility index (Phi) is 6.06. The van der Waals surface area contributed by atoms with Crippen LogP contribution in [0.4, 0.5) is 17.2 Å². The van der Waals surface area contributed by atoms with E-state index in [0.29, 0.717) is 16.3 Å². The third kappa shape index (κ3) is 4.69. The lowest BCUT2D eigenvalue weighted by molar-refractivity contribution is -0.385. The van der Waals surface area contributed by atoms with Crippen molar-refractivity contribution in [3.05, 3.63) is 87.5 Å². The van der Waals surface area contributed by atoms with E-state index in [1.807, 2.05) is 12.1 Å². The second-order valence-electron chi connectivity index (χ2n) is 5.88. The molecule has 3 rings (SSSR count). The maximum Gasteiger partial charge on any atom is 0.273 e. The number of benzene rings is 2. The molecule has 0 aliphatic carbocycles. The summed E-state index contributed by atoms with van der Waals surface area (Å²) in [5, 5.41) is 23.6. The van der Waals surface area contributed by atoms with Gasteiger partial charge < -0.3 is 11.1 Å². The van der Waals surface area contributed by atoms with Crippen molar-refractivity contribution in [2.45, 2.75) is 10.8 Å². The highest BCUT2D eigenvalue weighted by molar-refractivity contribution is 7.98. The van der Waals surface area contributed by atoms with E-state index in [4.69, 9.17) is 5.73 Å². The summed E-state index contributed by atoms with van der Waals surface area (Å²) in [5.74, 6) is -0.274. The van der Waals surface area contributed by atoms with Crippen molar-refractivity contribution < 1.29 is 9.72 Å². The van der Waals surface area contributed by atoms with Gasteiger partial charge in [0.15, 0.2) is 0 Å². The summed E-state index contributed by atoms with van der Waals surface area (Å²) in [6.07, 6.45) is 0. The molecule has 2 aromatic carbocycles. The molecular weight excluding hydrogens is 390 g/mol. The molecule has 0 aliphatic rings. The highest BCUT2D eigenvalue weighted by Crippen LogP contribution is 2.30. The van der Waals surface area contributed by atoms with E-state index in [0.717, 1.165) is 11.8 Å². The van der Waals surface area contributed by atoms with Crippen molar-refractivity contribution >= 4 is 34.9 Å². The second-order valence-corrected chi connectivity index (χ2v) is 6.84. The zero-order valence-corrected chi connectivity index (χ0v) is 15.8. The fourth-order valence-corrected chi connectivity index (χ4v) is 3.52. The summed E-state index contributed by atoms with van der Waals surface area (Å²) >= 11 is 1.15. The molecule has 0 aliphatic heterocycles. The standard InChI is InChI=1S/C20H15N5O3S/c21-11-14-10-16(19(26)23-15-7-2-1-3-8-15)18(22)24-20(14)29-12-13-6-4-5-9-17(13)25(27)28/h1-10H,12H2,(H2,22,24)(H,23,26). The average molecular weight is 405 g/mol. The molecule has 0 saturated carbocycles. The largest absolute Gasteiger partial charge is 0.383 e. The van der Waals surface area contributed by atoms with Gasteiger partial charge in [-0.2, -0.15) is 5.26 Å². The number of para-hydroxylation sites is 2. The van der Waals surface area contributed by atoms with Crippen LogP contribution in [0.15, 0.2) is 65.7 Å². The number of nitrogens with two attached hydrogens (primary N) is 1. The van der Waals surface area contributed by atoms with Crippen LogP contribution in [0.25, 0.3) is 0 Å². The average Bonchev–Trinajstić information content (AvgIpc) is 2.73. The number of thioether (sulfide) groups is 1. The predicted molar refractivity (Wildman–Crippen MR) is 110 cm³/mol. The number of nitro benzene ring substituents is 1. The smallest absolute Gasteiger partial charge is 0.273 e. The molecule has 0 spiro atoms. The molecule has 3 aromatic rings. The Morgan fingerprint density at radius 1 is 1.21 bits per heavy atom. The van der Waals surface area contributed by atoms with Crippen molar-refractivity contribution in [1.82, 2.24) is 4.98 Å². The number of carbonyl (C=O) groups excluding carboxylic acids is 1. The third-order valence-electron chi connectivity index (χ3n) is 3.97. The number of aromatic nitrogens is 1. The fraction of sp³-hybridized carbons (Fsp3) is 0.0500. The van der Waals surface area contributed by atoms with Gasteiger partial charge in [0.25, 0.3) is 11.6 Å². The lowest BCUT2D eigenvalue weighted by Gasteiger charge is -2.10. The lowest BCUT2D eigenvalue weighted by atomic mass is 10.2. The number of nitrogens with zero attached hydrogens (tertiary/aromatic N) is 3. The van der Waals surface area contributed by atoms with E-state index < -0.39 is 10.8 Å². The highest BCUT2D eigenvalue weighted by Gasteiger charge is 2.18. The van der Waals surface area contributed by atoms with E-state index in [2.05, 4.69) is 10.3 Å². The zero-order valence-electron chi connectivity index (χ0n) is 15.0. The fourth-order valence-electron chi connectivity index (χ4n) is 2.56. The van der Waals surface area contributed by atoms with Crippen LogP contribution >= 0.6 is 11.8 Å². The van der Waals surface area contributed by atoms with Crippen molar-refractivity contribution in [2.24, 2.45) is 0 Å². The topological polar surface area (TPSA) is 135 Å². The number of nitrogen functional groups attached to an aromatic ring is 1. The Balaban J connectivity index is 1.83. The van der Waals surface area contributed by atoms with Gasteiger partial charge >= 0.3 is 0 Å². The third-order valence-corrected chi connectivity index (χ3v) is 5.01. The number of hydrogen-bond donors (Lipinski definition) is 2. The van der Waals surface area contributed by atoms with Gasteiger partial charge in [0, 0.05) is 23.1 Å². The lowest BCUT2D eigenvalue weighted by Crippen LogP contribution is -2.15. The van der Waals surface area contributed by atoms with Crippen LogP contribution in [0.1, 0.15) is 21.5 Å². The summed E-state index contributed by atoms with van der Waals surface area (Å²) in [6, 6.07) is 18.6. The van der Waals surface area contributed by atoms with Gasteiger partial charge in [-0.3, -0.25) is 14.9 Å². The molecule has 1 aromatic heterocycles. The summed E-state index contributed by atoms with van der Waals surface area (Å²) in [5.41, 5.74) is 7.27. The number of rotatable bonds is 6. The quantitative estimate of drug-likeness (QED) is 0.359. The van der Waals surface area contributed by atoms with E-state index >= 15 is 0 Å². The van der Waals surface area contributed by atoms with Gasteiger partial charge in [0.1, 0.15) is 16.9 Å². The van der Waals surface area contributed by atoms with Crippen molar-refractivity contribution in [3.63, 3.8) is 0 Å². The Morgan fingerprint density at radius 3 is 2.59 bits per heavy atom. The molecule has 1 amide bonds. The van der Waals surface area contributed by atoms with Crippen molar-refractivity contribution in [1.29, 1.82) is 5.26 Å². The minimum Gasteiger partial charge on any atom is -0.383 e. The molecule has 3 N–H and O–H groups in total.